The first kappa shape index (κ1) is 14.9. The van der Waals surface area contributed by atoms with Gasteiger partial charge < -0.3 is 10.6 Å². The second kappa shape index (κ2) is 6.66. The van der Waals surface area contributed by atoms with E-state index in [0.29, 0.717) is 18.1 Å². The molecule has 2 unspecified atom stereocenters. The van der Waals surface area contributed by atoms with E-state index in [1.54, 1.807) is 11.8 Å². The Morgan fingerprint density at radius 1 is 1.24 bits per heavy atom. The summed E-state index contributed by atoms with van der Waals surface area (Å²) in [4.78, 5) is 4.79. The summed E-state index contributed by atoms with van der Waals surface area (Å²) < 4.78 is 0. The third kappa shape index (κ3) is 4.19. The Morgan fingerprint density at radius 3 is 2.24 bits per heavy atom. The minimum absolute atomic E-state index is 0.119. The van der Waals surface area contributed by atoms with Gasteiger partial charge in [0.2, 0.25) is 0 Å². The van der Waals surface area contributed by atoms with Crippen LogP contribution < -0.4 is 5.73 Å². The van der Waals surface area contributed by atoms with Crippen LogP contribution in [0.3, 0.4) is 0 Å². The third-order valence-corrected chi connectivity index (χ3v) is 4.13. The molecule has 1 heterocycles. The molecule has 0 bridgehead atoms. The maximum atomic E-state index is 5.97. The molecule has 0 radical (unpaired) electrons. The fourth-order valence-corrected chi connectivity index (χ4v) is 3.38. The van der Waals surface area contributed by atoms with Crippen LogP contribution in [0, 0.1) is 0 Å². The van der Waals surface area contributed by atoms with Gasteiger partial charge in [-0.3, -0.25) is 4.90 Å². The number of hydrogen-bond acceptors (Lipinski definition) is 4. The highest BCUT2D eigenvalue weighted by Gasteiger charge is 2.22. The molecule has 0 aromatic carbocycles. The highest BCUT2D eigenvalue weighted by Crippen LogP contribution is 2.22. The molecule has 2 atom stereocenters. The van der Waals surface area contributed by atoms with Crippen molar-refractivity contribution in [3.8, 4) is 0 Å². The van der Waals surface area contributed by atoms with Crippen molar-refractivity contribution in [1.29, 1.82) is 0 Å². The Bertz CT molecular complexity index is 245. The number of hydrogen-bond donors (Lipinski definition) is 1. The molecule has 1 rings (SSSR count). The van der Waals surface area contributed by atoms with Crippen molar-refractivity contribution >= 4 is 11.8 Å². The Labute approximate surface area is 110 Å². The van der Waals surface area contributed by atoms with E-state index in [0.717, 1.165) is 13.0 Å². The van der Waals surface area contributed by atoms with Crippen molar-refractivity contribution in [1.82, 2.24) is 9.80 Å². The quantitative estimate of drug-likeness (QED) is 0.793. The van der Waals surface area contributed by atoms with Gasteiger partial charge in [0.05, 0.1) is 0 Å². The van der Waals surface area contributed by atoms with Gasteiger partial charge in [-0.05, 0) is 46.4 Å². The lowest BCUT2D eigenvalue weighted by molar-refractivity contribution is 0.110. The van der Waals surface area contributed by atoms with Crippen LogP contribution >= 0.6 is 11.8 Å². The van der Waals surface area contributed by atoms with Crippen LogP contribution in [0.2, 0.25) is 0 Å². The molecule has 3 nitrogen and oxygen atoms in total. The molecule has 1 aliphatic heterocycles. The summed E-state index contributed by atoms with van der Waals surface area (Å²) >= 11 is 1.69. The van der Waals surface area contributed by atoms with E-state index in [1.807, 2.05) is 0 Å². The molecule has 4 heteroatoms. The monoisotopic (exact) mass is 257 g/mol. The minimum atomic E-state index is 0.119. The maximum absolute atomic E-state index is 5.97. The van der Waals surface area contributed by atoms with Crippen LogP contribution in [0.5, 0.6) is 0 Å². The van der Waals surface area contributed by atoms with Crippen molar-refractivity contribution in [2.75, 3.05) is 6.54 Å². The normalized spacial score (nSPS) is 22.2. The van der Waals surface area contributed by atoms with E-state index in [9.17, 15) is 0 Å². The van der Waals surface area contributed by atoms with Gasteiger partial charge in [-0.15, -0.1) is 0 Å². The summed E-state index contributed by atoms with van der Waals surface area (Å²) in [5, 5.41) is 2.08. The molecule has 0 spiro atoms. The second-order valence-corrected chi connectivity index (χ2v) is 6.35. The van der Waals surface area contributed by atoms with Crippen molar-refractivity contribution < 1.29 is 0 Å². The van der Waals surface area contributed by atoms with E-state index < -0.39 is 0 Å². The Hall–Kier alpha value is -0.190. The van der Waals surface area contributed by atoms with Gasteiger partial charge in [-0.25, -0.2) is 0 Å². The standard InChI is InChI=1S/C13H27N3S/c1-10(2)16(11(3)4)12(5)6-7-15-8-9-17-13(15)14/h8-13H,6-7,14H2,1-5H3. The van der Waals surface area contributed by atoms with Crippen molar-refractivity contribution in [3.63, 3.8) is 0 Å². The molecular weight excluding hydrogens is 230 g/mol. The SMILES string of the molecule is CC(C)N(C(C)C)C(C)CCN1C=CSC1N. The van der Waals surface area contributed by atoms with Crippen LogP contribution in [0.1, 0.15) is 41.0 Å². The lowest BCUT2D eigenvalue weighted by Gasteiger charge is -2.37. The summed E-state index contributed by atoms with van der Waals surface area (Å²) in [5.41, 5.74) is 6.09. The predicted molar refractivity (Wildman–Crippen MR) is 77.6 cm³/mol. The summed E-state index contributed by atoms with van der Waals surface area (Å²) in [5.74, 6) is 0. The largest absolute Gasteiger partial charge is 0.353 e. The topological polar surface area (TPSA) is 32.5 Å². The van der Waals surface area contributed by atoms with Crippen LogP contribution in [0.4, 0.5) is 0 Å². The third-order valence-electron chi connectivity index (χ3n) is 3.30. The van der Waals surface area contributed by atoms with Crippen molar-refractivity contribution in [2.24, 2.45) is 5.73 Å². The zero-order valence-corrected chi connectivity index (χ0v) is 12.6. The summed E-state index contributed by atoms with van der Waals surface area (Å²) in [7, 11) is 0. The molecule has 0 aromatic heterocycles. The fourth-order valence-electron chi connectivity index (χ4n) is 2.66. The number of rotatable bonds is 6. The van der Waals surface area contributed by atoms with Gasteiger partial charge in [0, 0.05) is 30.9 Å². The van der Waals surface area contributed by atoms with Crippen molar-refractivity contribution in [3.05, 3.63) is 11.6 Å². The maximum Gasteiger partial charge on any atom is 0.129 e. The molecule has 100 valence electrons. The molecule has 0 aliphatic carbocycles. The molecule has 0 saturated carbocycles. The van der Waals surface area contributed by atoms with Crippen LogP contribution in [-0.2, 0) is 0 Å². The summed E-state index contributed by atoms with van der Waals surface area (Å²) in [6.07, 6.45) is 3.27. The first-order chi connectivity index (χ1) is 7.93. The zero-order valence-electron chi connectivity index (χ0n) is 11.8. The van der Waals surface area contributed by atoms with E-state index >= 15 is 0 Å². The van der Waals surface area contributed by atoms with Gasteiger partial charge in [-0.1, -0.05) is 11.8 Å². The average Bonchev–Trinajstić information content (AvgIpc) is 2.59. The van der Waals surface area contributed by atoms with E-state index in [4.69, 9.17) is 5.73 Å². The molecule has 1 aliphatic rings. The van der Waals surface area contributed by atoms with Crippen LogP contribution in [0.25, 0.3) is 0 Å². The second-order valence-electron chi connectivity index (χ2n) is 5.32. The van der Waals surface area contributed by atoms with Gasteiger partial charge >= 0.3 is 0 Å². The predicted octanol–water partition coefficient (Wildman–Crippen LogP) is 2.65. The van der Waals surface area contributed by atoms with Gasteiger partial charge in [0.15, 0.2) is 0 Å². The van der Waals surface area contributed by atoms with Gasteiger partial charge in [-0.2, -0.15) is 0 Å². The fraction of sp³-hybridized carbons (Fsp3) is 0.846. The summed E-state index contributed by atoms with van der Waals surface area (Å²) in [6, 6.07) is 1.80. The highest BCUT2D eigenvalue weighted by molar-refractivity contribution is 8.02. The number of nitrogens with zero attached hydrogens (tertiary/aromatic N) is 2. The van der Waals surface area contributed by atoms with E-state index in [1.165, 1.54) is 0 Å². The zero-order chi connectivity index (χ0) is 13.0. The molecule has 0 aromatic rings. The average molecular weight is 257 g/mol. The Balaban J connectivity index is 2.42. The Kier molecular flexibility index (Phi) is 5.83. The van der Waals surface area contributed by atoms with Crippen molar-refractivity contribution in [2.45, 2.75) is 64.7 Å². The molecule has 0 saturated heterocycles. The number of nitrogens with two attached hydrogens (primary N) is 1. The van der Waals surface area contributed by atoms with Gasteiger partial charge in [0.25, 0.3) is 0 Å². The van der Waals surface area contributed by atoms with E-state index in [-0.39, 0.29) is 5.50 Å². The van der Waals surface area contributed by atoms with E-state index in [2.05, 4.69) is 56.0 Å². The molecule has 17 heavy (non-hydrogen) atoms. The minimum Gasteiger partial charge on any atom is -0.353 e. The number of thioether (sulfide) groups is 1. The molecule has 0 fully saturated rings. The van der Waals surface area contributed by atoms with Crippen LogP contribution in [0.15, 0.2) is 11.6 Å². The lowest BCUT2D eigenvalue weighted by atomic mass is 10.1. The molecular formula is C13H27N3S. The molecule has 0 amide bonds. The molecule has 2 N–H and O–H groups in total. The summed E-state index contributed by atoms with van der Waals surface area (Å²) in [6.45, 7) is 12.4. The van der Waals surface area contributed by atoms with Crippen LogP contribution in [-0.4, -0.2) is 40.0 Å². The van der Waals surface area contributed by atoms with Gasteiger partial charge in [0.1, 0.15) is 5.50 Å². The first-order valence-electron chi connectivity index (χ1n) is 6.54. The Morgan fingerprint density at radius 2 is 1.82 bits per heavy atom. The first-order valence-corrected chi connectivity index (χ1v) is 7.48. The lowest BCUT2D eigenvalue weighted by Crippen LogP contribution is -2.45. The smallest absolute Gasteiger partial charge is 0.129 e. The highest BCUT2D eigenvalue weighted by atomic mass is 32.2.